The zero-order valence-corrected chi connectivity index (χ0v) is 11.0. The molecular weight excluding hydrogens is 204 g/mol. The fourth-order valence-electron chi connectivity index (χ4n) is 1.79. The molecule has 1 aliphatic carbocycles. The number of aryl methyl sites for hydroxylation is 1. The third-order valence-electron chi connectivity index (χ3n) is 3.12. The van der Waals surface area contributed by atoms with Gasteiger partial charge in [0, 0.05) is 23.4 Å². The Morgan fingerprint density at radius 1 is 1.40 bits per heavy atom. The molecule has 1 aromatic rings. The van der Waals surface area contributed by atoms with Gasteiger partial charge in [0.25, 0.3) is 5.01 Å². The zero-order valence-electron chi connectivity index (χ0n) is 10.2. The fraction of sp³-hybridized carbons (Fsp3) is 0.833. The lowest BCUT2D eigenvalue weighted by atomic mass is 9.85. The Kier molecular flexibility index (Phi) is 2.84. The van der Waals surface area contributed by atoms with Crippen LogP contribution >= 0.6 is 11.3 Å². The van der Waals surface area contributed by atoms with Crippen LogP contribution in [0.2, 0.25) is 0 Å². The van der Waals surface area contributed by atoms with Crippen molar-refractivity contribution in [3.8, 4) is 0 Å². The molecular formula is C12H21N2S+. The second-order valence-electron chi connectivity index (χ2n) is 5.66. The van der Waals surface area contributed by atoms with Gasteiger partial charge in [0.1, 0.15) is 0 Å². The molecule has 0 unspecified atom stereocenters. The zero-order chi connectivity index (χ0) is 11.1. The lowest BCUT2D eigenvalue weighted by molar-refractivity contribution is -0.761. The molecule has 0 radical (unpaired) electrons. The Bertz CT molecular complexity index is 345. The van der Waals surface area contributed by atoms with Gasteiger partial charge < -0.3 is 0 Å². The molecule has 0 spiro atoms. The summed E-state index contributed by atoms with van der Waals surface area (Å²) >= 11 is 1.85. The van der Waals surface area contributed by atoms with Crippen LogP contribution in [0, 0.1) is 12.8 Å². The molecule has 1 aromatic heterocycles. The molecule has 1 fully saturated rings. The van der Waals surface area contributed by atoms with Gasteiger partial charge in [-0.15, -0.1) is 0 Å². The van der Waals surface area contributed by atoms with Crippen molar-refractivity contribution in [1.29, 1.82) is 0 Å². The summed E-state index contributed by atoms with van der Waals surface area (Å²) in [5.74, 6) is 0.892. The topological polar surface area (TPSA) is 16.8 Å². The first-order valence-electron chi connectivity index (χ1n) is 5.85. The minimum atomic E-state index is 0.195. The molecule has 0 aliphatic heterocycles. The molecule has 2 rings (SSSR count). The summed E-state index contributed by atoms with van der Waals surface area (Å²) in [6.07, 6.45) is 4.21. The smallest absolute Gasteiger partial charge is 0.0773 e. The van der Waals surface area contributed by atoms with E-state index in [1.807, 2.05) is 11.3 Å². The Labute approximate surface area is 96.3 Å². The molecule has 0 bridgehead atoms. The molecule has 0 saturated heterocycles. The van der Waals surface area contributed by atoms with E-state index in [4.69, 9.17) is 5.10 Å². The van der Waals surface area contributed by atoms with E-state index in [2.05, 4.69) is 32.4 Å². The Morgan fingerprint density at radius 3 is 2.47 bits per heavy atom. The molecule has 0 amide bonds. The normalized spacial score (nSPS) is 17.9. The monoisotopic (exact) mass is 225 g/mol. The van der Waals surface area contributed by atoms with E-state index in [0.717, 1.165) is 12.5 Å². The van der Waals surface area contributed by atoms with Gasteiger partial charge in [0.15, 0.2) is 11.6 Å². The van der Waals surface area contributed by atoms with E-state index >= 15 is 0 Å². The number of hydrogen-bond donors (Lipinski definition) is 0. The van der Waals surface area contributed by atoms with Crippen molar-refractivity contribution >= 4 is 11.3 Å². The van der Waals surface area contributed by atoms with Crippen LogP contribution in [0.15, 0.2) is 0 Å². The van der Waals surface area contributed by atoms with Gasteiger partial charge in [-0.3, -0.25) is 0 Å². The van der Waals surface area contributed by atoms with Crippen LogP contribution in [-0.2, 0) is 12.0 Å². The van der Waals surface area contributed by atoms with Gasteiger partial charge in [0.2, 0.25) is 0 Å². The molecule has 0 N–H and O–H groups in total. The lowest BCUT2D eigenvalue weighted by Crippen LogP contribution is -2.43. The largest absolute Gasteiger partial charge is 0.262 e. The average Bonchev–Trinajstić information content (AvgIpc) is 2.39. The van der Waals surface area contributed by atoms with E-state index in [9.17, 15) is 0 Å². The van der Waals surface area contributed by atoms with Crippen LogP contribution in [-0.4, -0.2) is 5.10 Å². The van der Waals surface area contributed by atoms with E-state index in [0.29, 0.717) is 0 Å². The number of rotatable bonds is 2. The van der Waals surface area contributed by atoms with Crippen molar-refractivity contribution in [2.24, 2.45) is 5.92 Å². The van der Waals surface area contributed by atoms with Crippen molar-refractivity contribution in [1.82, 2.24) is 5.10 Å². The van der Waals surface area contributed by atoms with Crippen LogP contribution in [0.4, 0.5) is 0 Å². The van der Waals surface area contributed by atoms with Crippen molar-refractivity contribution in [3.63, 3.8) is 0 Å². The molecule has 1 heterocycles. The maximum Gasteiger partial charge on any atom is 0.262 e. The predicted molar refractivity (Wildman–Crippen MR) is 63.1 cm³/mol. The van der Waals surface area contributed by atoms with Crippen molar-refractivity contribution < 1.29 is 4.68 Å². The molecule has 3 heteroatoms. The van der Waals surface area contributed by atoms with Gasteiger partial charge in [0.05, 0.1) is 0 Å². The van der Waals surface area contributed by atoms with E-state index < -0.39 is 0 Å². The van der Waals surface area contributed by atoms with Crippen LogP contribution < -0.4 is 4.68 Å². The minimum absolute atomic E-state index is 0.195. The average molecular weight is 225 g/mol. The number of hydrogen-bond acceptors (Lipinski definition) is 2. The highest BCUT2D eigenvalue weighted by Gasteiger charge is 2.29. The molecule has 15 heavy (non-hydrogen) atoms. The van der Waals surface area contributed by atoms with Gasteiger partial charge >= 0.3 is 0 Å². The Balaban J connectivity index is 2.13. The highest BCUT2D eigenvalue weighted by molar-refractivity contribution is 7.11. The van der Waals surface area contributed by atoms with Crippen LogP contribution in [0.5, 0.6) is 0 Å². The lowest BCUT2D eigenvalue weighted by Gasteiger charge is -2.20. The molecule has 2 nitrogen and oxygen atoms in total. The summed E-state index contributed by atoms with van der Waals surface area (Å²) in [4.78, 5) is 0. The first kappa shape index (κ1) is 11.1. The number of nitrogens with zero attached hydrogens (tertiary/aromatic N) is 2. The summed E-state index contributed by atoms with van der Waals surface area (Å²) in [6.45, 7) is 10.0. The summed E-state index contributed by atoms with van der Waals surface area (Å²) in [5.41, 5.74) is 0.195. The third kappa shape index (κ3) is 2.39. The minimum Gasteiger partial charge on any atom is -0.0773 e. The van der Waals surface area contributed by atoms with Gasteiger partial charge in [-0.25, -0.2) is 0 Å². The standard InChI is InChI=1S/C12H21N2S/c1-9-14(8-10-6-5-7-10)13-11(15-9)12(2,3)4/h10H,5-8H2,1-4H3/q+1. The molecule has 1 aliphatic rings. The van der Waals surface area contributed by atoms with Crippen LogP contribution in [0.3, 0.4) is 0 Å². The van der Waals surface area contributed by atoms with Gasteiger partial charge in [-0.2, -0.15) is 0 Å². The fourth-order valence-corrected chi connectivity index (χ4v) is 2.73. The molecule has 0 atom stereocenters. The highest BCUT2D eigenvalue weighted by Crippen LogP contribution is 2.28. The number of aromatic nitrogens is 2. The van der Waals surface area contributed by atoms with E-state index in [-0.39, 0.29) is 5.41 Å². The van der Waals surface area contributed by atoms with Crippen molar-refractivity contribution in [2.75, 3.05) is 0 Å². The third-order valence-corrected chi connectivity index (χ3v) is 4.51. The SMILES string of the molecule is Cc1sc(C(C)(C)C)n[n+]1CC1CCC1. The Morgan fingerprint density at radius 2 is 2.07 bits per heavy atom. The quantitative estimate of drug-likeness (QED) is 0.707. The summed E-state index contributed by atoms with van der Waals surface area (Å²) in [7, 11) is 0. The first-order valence-corrected chi connectivity index (χ1v) is 6.66. The predicted octanol–water partition coefficient (Wildman–Crippen LogP) is 2.84. The van der Waals surface area contributed by atoms with E-state index in [1.165, 1.54) is 29.3 Å². The first-order chi connectivity index (χ1) is 6.97. The Hall–Kier alpha value is -0.440. The summed E-state index contributed by atoms with van der Waals surface area (Å²) in [5, 5.41) is 7.35. The molecule has 0 aromatic carbocycles. The summed E-state index contributed by atoms with van der Waals surface area (Å²) < 4.78 is 2.22. The maximum absolute atomic E-state index is 4.74. The molecule has 84 valence electrons. The van der Waals surface area contributed by atoms with Gasteiger partial charge in [-0.1, -0.05) is 31.9 Å². The second-order valence-corrected chi connectivity index (χ2v) is 6.84. The van der Waals surface area contributed by atoms with Crippen LogP contribution in [0.25, 0.3) is 0 Å². The second kappa shape index (κ2) is 3.85. The van der Waals surface area contributed by atoms with Gasteiger partial charge in [-0.05, 0) is 24.2 Å². The summed E-state index contributed by atoms with van der Waals surface area (Å²) in [6, 6.07) is 0. The molecule has 1 saturated carbocycles. The highest BCUT2D eigenvalue weighted by atomic mass is 32.1. The van der Waals surface area contributed by atoms with Crippen molar-refractivity contribution in [3.05, 3.63) is 10.0 Å². The van der Waals surface area contributed by atoms with E-state index in [1.54, 1.807) is 0 Å². The van der Waals surface area contributed by atoms with Crippen LogP contribution in [0.1, 0.15) is 50.0 Å². The maximum atomic E-state index is 4.74. The van der Waals surface area contributed by atoms with Crippen molar-refractivity contribution in [2.45, 2.75) is 58.9 Å².